The maximum Gasteiger partial charge on any atom is 0.260 e. The van der Waals surface area contributed by atoms with Crippen LogP contribution in [0.25, 0.3) is 22.1 Å². The molecule has 0 atom stereocenters. The predicted molar refractivity (Wildman–Crippen MR) is 131 cm³/mol. The van der Waals surface area contributed by atoms with Crippen molar-refractivity contribution in [1.29, 1.82) is 0 Å². The Bertz CT molecular complexity index is 1260. The van der Waals surface area contributed by atoms with Crippen LogP contribution in [0.5, 0.6) is 5.75 Å². The van der Waals surface area contributed by atoms with Gasteiger partial charge < -0.3 is 19.0 Å². The van der Waals surface area contributed by atoms with Gasteiger partial charge in [0.2, 0.25) is 5.91 Å². The molecule has 7 heteroatoms. The van der Waals surface area contributed by atoms with E-state index < -0.39 is 0 Å². The van der Waals surface area contributed by atoms with Crippen LogP contribution in [0.2, 0.25) is 0 Å². The quantitative estimate of drug-likeness (QED) is 0.589. The van der Waals surface area contributed by atoms with E-state index in [1.165, 1.54) is 18.8 Å². The van der Waals surface area contributed by atoms with E-state index in [1.807, 2.05) is 24.3 Å². The fourth-order valence-corrected chi connectivity index (χ4v) is 4.05. The SMILES string of the molecule is CC(=O)N1CCN(C(=O)COc2ccc3c(=O)c(-c4ccc(C(C)(C)C)cc4)coc3c2)CC1. The molecule has 178 valence electrons. The zero-order chi connectivity index (χ0) is 24.5. The third kappa shape index (κ3) is 4.98. The van der Waals surface area contributed by atoms with Crippen molar-refractivity contribution < 1.29 is 18.7 Å². The predicted octanol–water partition coefficient (Wildman–Crippen LogP) is 3.83. The van der Waals surface area contributed by atoms with Crippen LogP contribution in [-0.2, 0) is 15.0 Å². The first-order chi connectivity index (χ1) is 16.1. The van der Waals surface area contributed by atoms with E-state index in [0.717, 1.165) is 5.56 Å². The largest absolute Gasteiger partial charge is 0.484 e. The van der Waals surface area contributed by atoms with E-state index in [4.69, 9.17) is 9.15 Å². The highest BCUT2D eigenvalue weighted by Gasteiger charge is 2.22. The number of rotatable bonds is 4. The average molecular weight is 463 g/mol. The topological polar surface area (TPSA) is 80.1 Å². The molecule has 0 bridgehead atoms. The molecule has 2 amide bonds. The summed E-state index contributed by atoms with van der Waals surface area (Å²) in [4.78, 5) is 40.4. The summed E-state index contributed by atoms with van der Waals surface area (Å²) in [6.45, 7) is 9.91. The van der Waals surface area contributed by atoms with Crippen molar-refractivity contribution in [2.45, 2.75) is 33.1 Å². The highest BCUT2D eigenvalue weighted by molar-refractivity contribution is 5.83. The van der Waals surface area contributed by atoms with Crippen molar-refractivity contribution in [3.8, 4) is 16.9 Å². The fraction of sp³-hybridized carbons (Fsp3) is 0.370. The minimum atomic E-state index is -0.140. The van der Waals surface area contributed by atoms with Crippen LogP contribution in [0.1, 0.15) is 33.3 Å². The van der Waals surface area contributed by atoms with E-state index in [2.05, 4.69) is 20.8 Å². The molecule has 3 aromatic rings. The molecule has 0 spiro atoms. The molecule has 0 aliphatic carbocycles. The number of carbonyl (C=O) groups excluding carboxylic acids is 2. The summed E-state index contributed by atoms with van der Waals surface area (Å²) in [5, 5.41) is 0.455. The molecule has 0 N–H and O–H groups in total. The molecule has 2 aromatic carbocycles. The summed E-state index contributed by atoms with van der Waals surface area (Å²) >= 11 is 0. The van der Waals surface area contributed by atoms with Gasteiger partial charge in [-0.15, -0.1) is 0 Å². The Morgan fingerprint density at radius 1 is 0.971 bits per heavy atom. The molecule has 0 saturated carbocycles. The van der Waals surface area contributed by atoms with Gasteiger partial charge in [-0.3, -0.25) is 14.4 Å². The lowest BCUT2D eigenvalue weighted by Gasteiger charge is -2.34. The van der Waals surface area contributed by atoms with Gasteiger partial charge in [0.05, 0.1) is 10.9 Å². The van der Waals surface area contributed by atoms with Gasteiger partial charge in [0.1, 0.15) is 17.6 Å². The normalized spacial score (nSPS) is 14.4. The van der Waals surface area contributed by atoms with Crippen LogP contribution in [-0.4, -0.2) is 54.4 Å². The Morgan fingerprint density at radius 2 is 1.62 bits per heavy atom. The molecule has 1 aromatic heterocycles. The van der Waals surface area contributed by atoms with Gasteiger partial charge in [-0.2, -0.15) is 0 Å². The van der Waals surface area contributed by atoms with Crippen molar-refractivity contribution in [2.24, 2.45) is 0 Å². The number of hydrogen-bond donors (Lipinski definition) is 0. The second-order valence-electron chi connectivity index (χ2n) is 9.64. The standard InChI is InChI=1S/C27H30N2O5/c1-18(30)28-11-13-29(14-12-28)25(31)17-33-21-9-10-22-24(15-21)34-16-23(26(22)32)19-5-7-20(8-6-19)27(2,3)4/h5-10,15-16H,11-14,17H2,1-4H3. The third-order valence-corrected chi connectivity index (χ3v) is 6.25. The number of benzene rings is 2. The molecule has 7 nitrogen and oxygen atoms in total. The van der Waals surface area contributed by atoms with Gasteiger partial charge in [-0.1, -0.05) is 45.0 Å². The van der Waals surface area contributed by atoms with Crippen LogP contribution in [0.15, 0.2) is 57.9 Å². The lowest BCUT2D eigenvalue weighted by molar-refractivity contribution is -0.139. The first kappa shape index (κ1) is 23.5. The zero-order valence-electron chi connectivity index (χ0n) is 20.1. The van der Waals surface area contributed by atoms with Gasteiger partial charge in [0.25, 0.3) is 5.91 Å². The van der Waals surface area contributed by atoms with Crippen LogP contribution in [0.4, 0.5) is 0 Å². The molecule has 0 radical (unpaired) electrons. The Labute approximate surface area is 198 Å². The van der Waals surface area contributed by atoms with Crippen molar-refractivity contribution in [1.82, 2.24) is 9.80 Å². The van der Waals surface area contributed by atoms with Crippen LogP contribution in [0, 0.1) is 0 Å². The second kappa shape index (κ2) is 9.33. The molecule has 1 aliphatic heterocycles. The van der Waals surface area contributed by atoms with Crippen molar-refractivity contribution in [2.75, 3.05) is 32.8 Å². The number of amides is 2. The molecule has 1 fully saturated rings. The minimum Gasteiger partial charge on any atom is -0.484 e. The highest BCUT2D eigenvalue weighted by atomic mass is 16.5. The van der Waals surface area contributed by atoms with Crippen molar-refractivity contribution in [3.05, 3.63) is 64.5 Å². The molecule has 1 aliphatic rings. The molecular formula is C27H30N2O5. The Hall–Kier alpha value is -3.61. The monoisotopic (exact) mass is 462 g/mol. The lowest BCUT2D eigenvalue weighted by atomic mass is 9.86. The first-order valence-electron chi connectivity index (χ1n) is 11.5. The van der Waals surface area contributed by atoms with Gasteiger partial charge >= 0.3 is 0 Å². The van der Waals surface area contributed by atoms with Crippen molar-refractivity contribution >= 4 is 22.8 Å². The summed E-state index contributed by atoms with van der Waals surface area (Å²) in [7, 11) is 0. The Morgan fingerprint density at radius 3 is 2.24 bits per heavy atom. The molecule has 4 rings (SSSR count). The smallest absolute Gasteiger partial charge is 0.260 e. The van der Waals surface area contributed by atoms with Crippen LogP contribution >= 0.6 is 0 Å². The Balaban J connectivity index is 1.45. The maximum absolute atomic E-state index is 13.1. The van der Waals surface area contributed by atoms with Crippen LogP contribution < -0.4 is 10.2 Å². The number of hydrogen-bond acceptors (Lipinski definition) is 5. The summed E-state index contributed by atoms with van der Waals surface area (Å²) in [5.74, 6) is 0.332. The number of ether oxygens (including phenoxy) is 1. The van der Waals surface area contributed by atoms with E-state index in [9.17, 15) is 14.4 Å². The van der Waals surface area contributed by atoms with Gasteiger partial charge in [-0.25, -0.2) is 0 Å². The number of fused-ring (bicyclic) bond motifs is 1. The van der Waals surface area contributed by atoms with E-state index in [-0.39, 0.29) is 29.3 Å². The summed E-state index contributed by atoms with van der Waals surface area (Å²) in [6, 6.07) is 12.9. The first-order valence-corrected chi connectivity index (χ1v) is 11.5. The highest BCUT2D eigenvalue weighted by Crippen LogP contribution is 2.27. The molecular weight excluding hydrogens is 432 g/mol. The molecule has 34 heavy (non-hydrogen) atoms. The van der Waals surface area contributed by atoms with E-state index in [1.54, 1.807) is 28.0 Å². The number of nitrogens with zero attached hydrogens (tertiary/aromatic N) is 2. The lowest BCUT2D eigenvalue weighted by Crippen LogP contribution is -2.51. The van der Waals surface area contributed by atoms with E-state index >= 15 is 0 Å². The van der Waals surface area contributed by atoms with Gasteiger partial charge in [-0.05, 0) is 28.7 Å². The average Bonchev–Trinajstić information content (AvgIpc) is 2.82. The molecule has 1 saturated heterocycles. The second-order valence-corrected chi connectivity index (χ2v) is 9.64. The van der Waals surface area contributed by atoms with E-state index in [0.29, 0.717) is 48.5 Å². The maximum atomic E-state index is 13.1. The Kier molecular flexibility index (Phi) is 6.46. The molecule has 0 unspecified atom stereocenters. The summed E-state index contributed by atoms with van der Waals surface area (Å²) < 4.78 is 11.4. The van der Waals surface area contributed by atoms with Gasteiger partial charge in [0, 0.05) is 39.2 Å². The molecule has 2 heterocycles. The third-order valence-electron chi connectivity index (χ3n) is 6.25. The van der Waals surface area contributed by atoms with Crippen LogP contribution in [0.3, 0.4) is 0 Å². The zero-order valence-corrected chi connectivity index (χ0v) is 20.1. The summed E-state index contributed by atoms with van der Waals surface area (Å²) in [6.07, 6.45) is 1.47. The van der Waals surface area contributed by atoms with Crippen molar-refractivity contribution in [3.63, 3.8) is 0 Å². The van der Waals surface area contributed by atoms with Gasteiger partial charge in [0.15, 0.2) is 12.0 Å². The summed E-state index contributed by atoms with van der Waals surface area (Å²) in [5.41, 5.74) is 2.82. The number of carbonyl (C=O) groups is 2. The minimum absolute atomic E-state index is 0.0195. The fourth-order valence-electron chi connectivity index (χ4n) is 4.05. The number of piperazine rings is 1.